The summed E-state index contributed by atoms with van der Waals surface area (Å²) in [6.45, 7) is 8.06. The zero-order valence-electron chi connectivity index (χ0n) is 28.7. The molecule has 44 heavy (non-hydrogen) atoms. The van der Waals surface area contributed by atoms with Gasteiger partial charge in [-0.05, 0) is 38.5 Å². The number of nitrogens with zero attached hydrogens (tertiary/aromatic N) is 1. The number of unbranched alkanes of at least 4 members (excludes halogenated alkanes) is 8. The van der Waals surface area contributed by atoms with E-state index in [0.29, 0.717) is 43.5 Å². The van der Waals surface area contributed by atoms with Gasteiger partial charge in [0.25, 0.3) is 0 Å². The number of nitrogens with one attached hydrogen (secondary N) is 2. The highest BCUT2D eigenvalue weighted by Crippen LogP contribution is 2.18. The molecule has 11 heteroatoms. The van der Waals surface area contributed by atoms with Crippen molar-refractivity contribution < 1.29 is 42.6 Å². The third-order valence-electron chi connectivity index (χ3n) is 6.93. The lowest BCUT2D eigenvalue weighted by atomic mass is 10.0. The largest absolute Gasteiger partial charge is 0.466 e. The van der Waals surface area contributed by atoms with Gasteiger partial charge in [0.2, 0.25) is 0 Å². The number of carbonyl (C=O) groups is 4. The molecule has 2 N–H and O–H groups in total. The number of carbonyl (C=O) groups excluding carboxylic acids is 4. The van der Waals surface area contributed by atoms with Crippen molar-refractivity contribution in [2.24, 2.45) is 0 Å². The van der Waals surface area contributed by atoms with Gasteiger partial charge in [-0.3, -0.25) is 9.59 Å². The van der Waals surface area contributed by atoms with Crippen LogP contribution in [-0.4, -0.2) is 94.8 Å². The van der Waals surface area contributed by atoms with Gasteiger partial charge in [-0.25, -0.2) is 9.59 Å². The molecule has 0 aliphatic rings. The summed E-state index contributed by atoms with van der Waals surface area (Å²) >= 11 is 0. The summed E-state index contributed by atoms with van der Waals surface area (Å²) in [7, 11) is 5.97. The van der Waals surface area contributed by atoms with Crippen molar-refractivity contribution in [1.29, 1.82) is 0 Å². The van der Waals surface area contributed by atoms with Gasteiger partial charge in [0.15, 0.2) is 6.10 Å². The Hall–Kier alpha value is -2.56. The zero-order chi connectivity index (χ0) is 33.1. The van der Waals surface area contributed by atoms with Crippen LogP contribution < -0.4 is 10.6 Å². The average Bonchev–Trinajstić information content (AvgIpc) is 2.95. The fourth-order valence-corrected chi connectivity index (χ4v) is 4.40. The third kappa shape index (κ3) is 25.9. The van der Waals surface area contributed by atoms with Crippen LogP contribution in [0.4, 0.5) is 9.59 Å². The quantitative estimate of drug-likeness (QED) is 0.0470. The van der Waals surface area contributed by atoms with Gasteiger partial charge in [-0.1, -0.05) is 72.1 Å². The Morgan fingerprint density at radius 1 is 0.568 bits per heavy atom. The van der Waals surface area contributed by atoms with E-state index < -0.39 is 24.4 Å². The van der Waals surface area contributed by atoms with Crippen molar-refractivity contribution in [3.05, 3.63) is 0 Å². The molecule has 0 saturated carbocycles. The first-order valence-corrected chi connectivity index (χ1v) is 17.0. The highest BCUT2D eigenvalue weighted by molar-refractivity contribution is 5.70. The molecule has 0 aromatic heterocycles. The second kappa shape index (κ2) is 26.8. The van der Waals surface area contributed by atoms with E-state index >= 15 is 0 Å². The van der Waals surface area contributed by atoms with Crippen LogP contribution in [0, 0.1) is 0 Å². The molecule has 2 amide bonds. The molecule has 0 bridgehead atoms. The van der Waals surface area contributed by atoms with Crippen LogP contribution >= 0.6 is 0 Å². The van der Waals surface area contributed by atoms with E-state index in [0.717, 1.165) is 44.9 Å². The molecule has 11 nitrogen and oxygen atoms in total. The maximum Gasteiger partial charge on any atom is 0.407 e. The third-order valence-corrected chi connectivity index (χ3v) is 6.93. The van der Waals surface area contributed by atoms with Crippen LogP contribution in [0.5, 0.6) is 0 Å². The fraction of sp³-hybridized carbons (Fsp3) is 0.879. The Kier molecular flexibility index (Phi) is 25.2. The standard InChI is InChI=1S/C33H63N3O8/c1-7-10-13-14-15-16-17-20-28(43-32(39)34-23-18-21-30(37)41-25-11-8-2)29(27-36(4,5)6)44-33(40)35-24-19-22-31(38)42-26-12-9-3/h28-29H,7-27H2,1-6H3,(H-,34,35,39,40)/p+1. The Morgan fingerprint density at radius 3 is 1.45 bits per heavy atom. The Morgan fingerprint density at radius 2 is 1.00 bits per heavy atom. The minimum Gasteiger partial charge on any atom is -0.466 e. The van der Waals surface area contributed by atoms with Crippen LogP contribution in [0.1, 0.15) is 124 Å². The summed E-state index contributed by atoms with van der Waals surface area (Å²) in [5.41, 5.74) is 0. The highest BCUT2D eigenvalue weighted by Gasteiger charge is 2.33. The van der Waals surface area contributed by atoms with Crippen LogP contribution in [-0.2, 0) is 28.5 Å². The molecule has 0 aliphatic carbocycles. The van der Waals surface area contributed by atoms with Gasteiger partial charge in [0.1, 0.15) is 12.6 Å². The summed E-state index contributed by atoms with van der Waals surface area (Å²) in [5, 5.41) is 5.45. The van der Waals surface area contributed by atoms with Gasteiger partial charge in [0.05, 0.1) is 34.4 Å². The van der Waals surface area contributed by atoms with E-state index in [9.17, 15) is 19.2 Å². The normalized spacial score (nSPS) is 12.6. The molecule has 0 radical (unpaired) electrons. The van der Waals surface area contributed by atoms with Crippen molar-refractivity contribution in [2.45, 2.75) is 136 Å². The molecule has 0 rings (SSSR count). The first kappa shape index (κ1) is 41.4. The first-order chi connectivity index (χ1) is 21.0. The fourth-order valence-electron chi connectivity index (χ4n) is 4.40. The van der Waals surface area contributed by atoms with Crippen LogP contribution in [0.3, 0.4) is 0 Å². The van der Waals surface area contributed by atoms with Gasteiger partial charge in [-0.2, -0.15) is 0 Å². The zero-order valence-corrected chi connectivity index (χ0v) is 28.7. The topological polar surface area (TPSA) is 129 Å². The van der Waals surface area contributed by atoms with E-state index in [1.165, 1.54) is 25.7 Å². The molecule has 2 unspecified atom stereocenters. The van der Waals surface area contributed by atoms with Gasteiger partial charge in [-0.15, -0.1) is 0 Å². The Balaban J connectivity index is 5.09. The lowest BCUT2D eigenvalue weighted by Gasteiger charge is -2.33. The summed E-state index contributed by atoms with van der Waals surface area (Å²) < 4.78 is 22.5. The lowest BCUT2D eigenvalue weighted by molar-refractivity contribution is -0.873. The molecule has 0 fully saturated rings. The Bertz CT molecular complexity index is 773. The highest BCUT2D eigenvalue weighted by atomic mass is 16.6. The number of ether oxygens (including phenoxy) is 4. The van der Waals surface area contributed by atoms with E-state index in [1.807, 2.05) is 35.0 Å². The number of likely N-dealkylation sites (N-methyl/N-ethyl adjacent to an activating group) is 1. The SMILES string of the molecule is CCCCCCCCCC(OC(=O)NCCCC(=O)OCCCC)C(C[N+](C)(C)C)OC(=O)NCCCC(=O)OCCCC. The number of quaternary nitrogens is 1. The molecule has 0 aromatic carbocycles. The van der Waals surface area contributed by atoms with Gasteiger partial charge < -0.3 is 34.1 Å². The van der Waals surface area contributed by atoms with Crippen LogP contribution in [0.15, 0.2) is 0 Å². The van der Waals surface area contributed by atoms with Gasteiger partial charge in [0, 0.05) is 25.9 Å². The average molecular weight is 631 g/mol. The molecule has 0 aromatic rings. The van der Waals surface area contributed by atoms with Crippen molar-refractivity contribution >= 4 is 24.1 Å². The second-order valence-electron chi connectivity index (χ2n) is 12.5. The number of alkyl carbamates (subject to hydrolysis) is 2. The van der Waals surface area contributed by atoms with Crippen molar-refractivity contribution in [2.75, 3.05) is 54.0 Å². The van der Waals surface area contributed by atoms with Gasteiger partial charge >= 0.3 is 24.1 Å². The Labute approximate surface area is 267 Å². The van der Waals surface area contributed by atoms with Crippen molar-refractivity contribution in [3.8, 4) is 0 Å². The van der Waals surface area contributed by atoms with Crippen molar-refractivity contribution in [3.63, 3.8) is 0 Å². The van der Waals surface area contributed by atoms with E-state index in [2.05, 4.69) is 17.6 Å². The number of rotatable bonds is 27. The summed E-state index contributed by atoms with van der Waals surface area (Å²) in [4.78, 5) is 49.2. The van der Waals surface area contributed by atoms with E-state index in [1.54, 1.807) is 0 Å². The summed E-state index contributed by atoms with van der Waals surface area (Å²) in [6, 6.07) is 0. The van der Waals surface area contributed by atoms with Crippen LogP contribution in [0.2, 0.25) is 0 Å². The number of esters is 2. The summed E-state index contributed by atoms with van der Waals surface area (Å²) in [5.74, 6) is -0.555. The molecule has 0 heterocycles. The van der Waals surface area contributed by atoms with E-state index in [-0.39, 0.29) is 37.9 Å². The molecule has 2 atom stereocenters. The van der Waals surface area contributed by atoms with Crippen LogP contribution in [0.25, 0.3) is 0 Å². The minimum absolute atomic E-state index is 0.215. The maximum absolute atomic E-state index is 12.8. The van der Waals surface area contributed by atoms with E-state index in [4.69, 9.17) is 18.9 Å². The monoisotopic (exact) mass is 630 g/mol. The number of hydrogen-bond acceptors (Lipinski definition) is 8. The molecule has 0 spiro atoms. The molecule has 0 aliphatic heterocycles. The van der Waals surface area contributed by atoms with Crippen molar-refractivity contribution in [1.82, 2.24) is 10.6 Å². The number of hydrogen-bond donors (Lipinski definition) is 2. The minimum atomic E-state index is -0.673. The lowest BCUT2D eigenvalue weighted by Crippen LogP contribution is -2.50. The molecular weight excluding hydrogens is 566 g/mol. The first-order valence-electron chi connectivity index (χ1n) is 17.0. The predicted octanol–water partition coefficient (Wildman–Crippen LogP) is 6.27. The maximum atomic E-state index is 12.8. The predicted molar refractivity (Wildman–Crippen MR) is 172 cm³/mol. The summed E-state index contributed by atoms with van der Waals surface area (Å²) in [6.07, 6.45) is 10.7. The second-order valence-corrected chi connectivity index (χ2v) is 12.5. The number of amides is 2. The smallest absolute Gasteiger partial charge is 0.407 e. The molecule has 0 saturated heterocycles. The molecular formula is C33H64N3O8+. The molecule has 258 valence electrons.